The minimum absolute atomic E-state index is 0.152. The van der Waals surface area contributed by atoms with E-state index in [0.29, 0.717) is 13.2 Å². The van der Waals surface area contributed by atoms with Crippen LogP contribution in [0.2, 0.25) is 0 Å². The Balaban J connectivity index is 1.56. The average Bonchev–Trinajstić information content (AvgIpc) is 2.94. The van der Waals surface area contributed by atoms with Crippen LogP contribution in [-0.2, 0) is 30.3 Å². The van der Waals surface area contributed by atoms with Crippen LogP contribution in [0.1, 0.15) is 19.4 Å². The fraction of sp³-hybridized carbons (Fsp3) is 0.625. The molecule has 2 aliphatic heterocycles. The molecule has 0 aromatic heterocycles. The summed E-state index contributed by atoms with van der Waals surface area (Å²) in [5, 5.41) is 0. The highest BCUT2D eigenvalue weighted by Crippen LogP contribution is 2.38. The first kappa shape index (κ1) is 14.9. The van der Waals surface area contributed by atoms with Crippen LogP contribution in [0.25, 0.3) is 0 Å². The van der Waals surface area contributed by atoms with E-state index in [-0.39, 0.29) is 18.3 Å². The molecule has 116 valence electrons. The Labute approximate surface area is 125 Å². The maximum absolute atomic E-state index is 5.91. The Kier molecular flexibility index (Phi) is 4.28. The van der Waals surface area contributed by atoms with E-state index in [4.69, 9.17) is 23.7 Å². The van der Waals surface area contributed by atoms with Crippen molar-refractivity contribution in [2.24, 2.45) is 0 Å². The van der Waals surface area contributed by atoms with Crippen molar-refractivity contribution in [3.63, 3.8) is 0 Å². The van der Waals surface area contributed by atoms with Crippen LogP contribution >= 0.6 is 0 Å². The molecule has 0 saturated carbocycles. The smallest absolute Gasteiger partial charge is 0.186 e. The van der Waals surface area contributed by atoms with Crippen LogP contribution in [0.3, 0.4) is 0 Å². The second-order valence-electron chi connectivity index (χ2n) is 5.84. The van der Waals surface area contributed by atoms with Crippen molar-refractivity contribution in [2.45, 2.75) is 50.8 Å². The molecule has 2 fully saturated rings. The van der Waals surface area contributed by atoms with Crippen LogP contribution in [0, 0.1) is 0 Å². The third-order valence-electron chi connectivity index (χ3n) is 3.73. The van der Waals surface area contributed by atoms with Gasteiger partial charge in [0.1, 0.15) is 18.3 Å². The summed E-state index contributed by atoms with van der Waals surface area (Å²) in [5.74, 6) is -0.604. The fourth-order valence-corrected chi connectivity index (χ4v) is 2.83. The van der Waals surface area contributed by atoms with Gasteiger partial charge in [0, 0.05) is 7.11 Å². The third-order valence-corrected chi connectivity index (χ3v) is 3.73. The fourth-order valence-electron chi connectivity index (χ4n) is 2.83. The zero-order valence-corrected chi connectivity index (χ0v) is 12.7. The first-order valence-electron chi connectivity index (χ1n) is 7.24. The Morgan fingerprint density at radius 3 is 2.52 bits per heavy atom. The summed E-state index contributed by atoms with van der Waals surface area (Å²) < 4.78 is 28.7. The molecule has 3 rings (SSSR count). The SMILES string of the molecule is CO[C@H]1O[C@H](COCc2ccccc2)[C@@H]2OC(C)(C)O[C@H]12. The van der Waals surface area contributed by atoms with Crippen LogP contribution in [-0.4, -0.2) is 44.1 Å². The van der Waals surface area contributed by atoms with Crippen LogP contribution in [0.5, 0.6) is 0 Å². The molecule has 21 heavy (non-hydrogen) atoms. The van der Waals surface area contributed by atoms with E-state index in [1.165, 1.54) is 0 Å². The van der Waals surface area contributed by atoms with Gasteiger partial charge in [-0.3, -0.25) is 0 Å². The van der Waals surface area contributed by atoms with E-state index in [1.807, 2.05) is 44.2 Å². The second-order valence-corrected chi connectivity index (χ2v) is 5.84. The van der Waals surface area contributed by atoms with E-state index >= 15 is 0 Å². The van der Waals surface area contributed by atoms with Crippen molar-refractivity contribution >= 4 is 0 Å². The normalized spacial score (nSPS) is 34.0. The summed E-state index contributed by atoms with van der Waals surface area (Å²) in [6, 6.07) is 10.1. The van der Waals surface area contributed by atoms with E-state index < -0.39 is 12.1 Å². The molecule has 0 N–H and O–H groups in total. The molecule has 0 bridgehead atoms. The lowest BCUT2D eigenvalue weighted by atomic mass is 10.1. The topological polar surface area (TPSA) is 46.2 Å². The number of fused-ring (bicyclic) bond motifs is 1. The van der Waals surface area contributed by atoms with Gasteiger partial charge in [-0.15, -0.1) is 0 Å². The molecule has 1 aromatic carbocycles. The highest BCUT2D eigenvalue weighted by atomic mass is 16.8. The monoisotopic (exact) mass is 294 g/mol. The molecule has 4 atom stereocenters. The molecule has 5 heteroatoms. The van der Waals surface area contributed by atoms with Gasteiger partial charge in [-0.05, 0) is 19.4 Å². The molecule has 2 heterocycles. The van der Waals surface area contributed by atoms with Crippen molar-refractivity contribution < 1.29 is 23.7 Å². The molecule has 0 unspecified atom stereocenters. The molecular formula is C16H22O5. The van der Waals surface area contributed by atoms with E-state index in [0.717, 1.165) is 5.56 Å². The number of benzene rings is 1. The Morgan fingerprint density at radius 2 is 1.81 bits per heavy atom. The summed E-state index contributed by atoms with van der Waals surface area (Å²) in [5.41, 5.74) is 1.14. The zero-order valence-electron chi connectivity index (χ0n) is 12.7. The Morgan fingerprint density at radius 1 is 1.10 bits per heavy atom. The second kappa shape index (κ2) is 6.02. The summed E-state index contributed by atoms with van der Waals surface area (Å²) in [4.78, 5) is 0. The molecule has 0 amide bonds. The van der Waals surface area contributed by atoms with Gasteiger partial charge in [-0.2, -0.15) is 0 Å². The number of methoxy groups -OCH3 is 1. The summed E-state index contributed by atoms with van der Waals surface area (Å²) in [6.07, 6.45) is -0.927. The lowest BCUT2D eigenvalue weighted by molar-refractivity contribution is -0.232. The predicted octanol–water partition coefficient (Wildman–Crippen LogP) is 2.09. The van der Waals surface area contributed by atoms with Gasteiger partial charge in [-0.25, -0.2) is 0 Å². The Bertz CT molecular complexity index is 461. The van der Waals surface area contributed by atoms with E-state index in [9.17, 15) is 0 Å². The maximum atomic E-state index is 5.91. The van der Waals surface area contributed by atoms with Crippen molar-refractivity contribution in [1.29, 1.82) is 0 Å². The first-order chi connectivity index (χ1) is 10.1. The average molecular weight is 294 g/mol. The minimum Gasteiger partial charge on any atom is -0.374 e. The lowest BCUT2D eigenvalue weighted by Gasteiger charge is -2.23. The third kappa shape index (κ3) is 3.27. The molecule has 0 aliphatic carbocycles. The standard InChI is InChI=1S/C16H22O5/c1-16(2)20-13-12(19-15(17-3)14(13)21-16)10-18-9-11-7-5-4-6-8-11/h4-8,12-15H,9-10H2,1-3H3/t12-,13+,14+,15+/m1/s1. The quantitative estimate of drug-likeness (QED) is 0.832. The number of rotatable bonds is 5. The number of ether oxygens (including phenoxy) is 5. The highest BCUT2D eigenvalue weighted by molar-refractivity contribution is 5.13. The van der Waals surface area contributed by atoms with Gasteiger partial charge in [0.15, 0.2) is 12.1 Å². The predicted molar refractivity (Wildman–Crippen MR) is 75.6 cm³/mol. The maximum Gasteiger partial charge on any atom is 0.186 e. The van der Waals surface area contributed by atoms with Gasteiger partial charge in [0.25, 0.3) is 0 Å². The molecule has 0 radical (unpaired) electrons. The van der Waals surface area contributed by atoms with E-state index in [1.54, 1.807) is 7.11 Å². The zero-order chi connectivity index (χ0) is 14.9. The molecule has 2 saturated heterocycles. The van der Waals surface area contributed by atoms with Crippen LogP contribution in [0.15, 0.2) is 30.3 Å². The lowest BCUT2D eigenvalue weighted by Crippen LogP contribution is -2.32. The van der Waals surface area contributed by atoms with Crippen LogP contribution in [0.4, 0.5) is 0 Å². The number of hydrogen-bond donors (Lipinski definition) is 0. The van der Waals surface area contributed by atoms with Crippen molar-refractivity contribution in [3.8, 4) is 0 Å². The van der Waals surface area contributed by atoms with Crippen molar-refractivity contribution in [3.05, 3.63) is 35.9 Å². The van der Waals surface area contributed by atoms with Gasteiger partial charge >= 0.3 is 0 Å². The highest BCUT2D eigenvalue weighted by Gasteiger charge is 2.55. The van der Waals surface area contributed by atoms with Gasteiger partial charge in [0.05, 0.1) is 13.2 Å². The molecule has 0 spiro atoms. The molecule has 2 aliphatic rings. The van der Waals surface area contributed by atoms with E-state index in [2.05, 4.69) is 0 Å². The minimum atomic E-state index is -0.604. The molecule has 5 nitrogen and oxygen atoms in total. The number of hydrogen-bond acceptors (Lipinski definition) is 5. The molecular weight excluding hydrogens is 272 g/mol. The van der Waals surface area contributed by atoms with Gasteiger partial charge in [-0.1, -0.05) is 30.3 Å². The molecule has 1 aromatic rings. The first-order valence-corrected chi connectivity index (χ1v) is 7.24. The summed E-state index contributed by atoms with van der Waals surface area (Å²) in [6.45, 7) is 4.81. The summed E-state index contributed by atoms with van der Waals surface area (Å²) in [7, 11) is 1.61. The summed E-state index contributed by atoms with van der Waals surface area (Å²) >= 11 is 0. The van der Waals surface area contributed by atoms with Gasteiger partial charge in [0.2, 0.25) is 0 Å². The van der Waals surface area contributed by atoms with Crippen molar-refractivity contribution in [1.82, 2.24) is 0 Å². The largest absolute Gasteiger partial charge is 0.374 e. The van der Waals surface area contributed by atoms with Gasteiger partial charge < -0.3 is 23.7 Å². The van der Waals surface area contributed by atoms with Crippen LogP contribution < -0.4 is 0 Å². The van der Waals surface area contributed by atoms with Crippen molar-refractivity contribution in [2.75, 3.05) is 13.7 Å². The Hall–Kier alpha value is -0.980.